The van der Waals surface area contributed by atoms with Gasteiger partial charge in [-0.05, 0) is 25.7 Å². The molecule has 0 amide bonds. The Morgan fingerprint density at radius 2 is 0.439 bits per heavy atom. The summed E-state index contributed by atoms with van der Waals surface area (Å²) in [6.45, 7) is 6.95. The van der Waals surface area contributed by atoms with E-state index in [0.29, 0.717) is 12.0 Å². The molecule has 0 aliphatic carbocycles. The van der Waals surface area contributed by atoms with Crippen LogP contribution in [-0.4, -0.2) is 29.6 Å². The van der Waals surface area contributed by atoms with Crippen LogP contribution in [0.3, 0.4) is 0 Å². The minimum absolute atomic E-state index is 0.682. The van der Waals surface area contributed by atoms with E-state index in [1.807, 2.05) is 0 Å². The van der Waals surface area contributed by atoms with E-state index in [4.69, 9.17) is 23.2 Å². The van der Waals surface area contributed by atoms with Gasteiger partial charge in [0.1, 0.15) is 0 Å². The van der Waals surface area contributed by atoms with E-state index in [9.17, 15) is 0 Å². The smallest absolute Gasteiger partial charge is 0.155 e. The Balaban J connectivity index is 3.50. The van der Waals surface area contributed by atoms with Crippen LogP contribution in [0.15, 0.2) is 0 Å². The lowest BCUT2D eigenvalue weighted by Gasteiger charge is -2.34. The summed E-state index contributed by atoms with van der Waals surface area (Å²) in [7, 11) is 0. The zero-order chi connectivity index (χ0) is 30.0. The zero-order valence-corrected chi connectivity index (χ0v) is 30.2. The van der Waals surface area contributed by atoms with Crippen LogP contribution in [0.5, 0.6) is 0 Å². The lowest BCUT2D eigenvalue weighted by molar-refractivity contribution is -0.907. The van der Waals surface area contributed by atoms with E-state index in [2.05, 4.69) is 13.8 Å². The van der Waals surface area contributed by atoms with Crippen molar-refractivity contribution in [1.82, 2.24) is 0 Å². The van der Waals surface area contributed by atoms with Gasteiger partial charge in [-0.2, -0.15) is 0 Å². The molecule has 0 aromatic carbocycles. The molecule has 248 valence electrons. The first-order valence-corrected chi connectivity index (χ1v) is 20.3. The molecule has 0 aliphatic heterocycles. The van der Waals surface area contributed by atoms with Gasteiger partial charge in [0.2, 0.25) is 0 Å². The first kappa shape index (κ1) is 41.5. The Hall–Kier alpha value is 0.540. The zero-order valence-electron chi connectivity index (χ0n) is 28.7. The van der Waals surface area contributed by atoms with Crippen molar-refractivity contribution in [3.63, 3.8) is 0 Å². The molecule has 0 bridgehead atoms. The number of rotatable bonds is 36. The van der Waals surface area contributed by atoms with Crippen molar-refractivity contribution in [2.45, 2.75) is 219 Å². The van der Waals surface area contributed by atoms with Crippen molar-refractivity contribution in [2.75, 3.05) is 25.1 Å². The standard InChI is InChI=1S/C38H78Cl2N/c1-3-5-7-9-11-13-15-17-19-21-23-25-27-29-31-33-35-41(37-39,38-40)36-34-32-30-28-26-24-22-20-18-16-14-12-10-8-6-4-2/h3-38H2,1-2H3/q+1. The molecule has 0 aromatic rings. The van der Waals surface area contributed by atoms with Gasteiger partial charge < -0.3 is 0 Å². The van der Waals surface area contributed by atoms with E-state index in [1.165, 1.54) is 219 Å². The van der Waals surface area contributed by atoms with Crippen LogP contribution in [0.2, 0.25) is 0 Å². The maximum absolute atomic E-state index is 6.45. The van der Waals surface area contributed by atoms with Crippen molar-refractivity contribution in [3.05, 3.63) is 0 Å². The summed E-state index contributed by atoms with van der Waals surface area (Å²) >= 11 is 12.9. The molecule has 0 rings (SSSR count). The van der Waals surface area contributed by atoms with Crippen LogP contribution in [-0.2, 0) is 0 Å². The highest BCUT2D eigenvalue weighted by molar-refractivity contribution is 6.18. The number of quaternary nitrogens is 1. The van der Waals surface area contributed by atoms with E-state index >= 15 is 0 Å². The maximum Gasteiger partial charge on any atom is 0.155 e. The molecule has 0 aliphatic rings. The van der Waals surface area contributed by atoms with Crippen LogP contribution in [0.1, 0.15) is 219 Å². The highest BCUT2D eigenvalue weighted by Gasteiger charge is 2.24. The molecule has 0 saturated heterocycles. The summed E-state index contributed by atoms with van der Waals surface area (Å²) in [5, 5.41) is 0. The monoisotopic (exact) mass is 619 g/mol. The Kier molecular flexibility index (Phi) is 35.5. The minimum atomic E-state index is 0.682. The Labute approximate surface area is 271 Å². The van der Waals surface area contributed by atoms with Crippen LogP contribution < -0.4 is 0 Å². The quantitative estimate of drug-likeness (QED) is 0.0283. The van der Waals surface area contributed by atoms with Gasteiger partial charge in [0.25, 0.3) is 0 Å². The normalized spacial score (nSPS) is 12.0. The van der Waals surface area contributed by atoms with Gasteiger partial charge in [-0.15, -0.1) is 0 Å². The molecule has 0 spiro atoms. The molecule has 0 atom stereocenters. The molecule has 0 saturated carbocycles. The predicted molar refractivity (Wildman–Crippen MR) is 191 cm³/mol. The second-order valence-corrected chi connectivity index (χ2v) is 14.1. The van der Waals surface area contributed by atoms with Gasteiger partial charge in [0.15, 0.2) is 12.0 Å². The molecule has 41 heavy (non-hydrogen) atoms. The maximum atomic E-state index is 6.45. The third kappa shape index (κ3) is 30.4. The number of hydrogen-bond acceptors (Lipinski definition) is 0. The van der Waals surface area contributed by atoms with Gasteiger partial charge in [-0.25, -0.2) is 0 Å². The molecular weight excluding hydrogens is 541 g/mol. The van der Waals surface area contributed by atoms with Crippen LogP contribution in [0, 0.1) is 0 Å². The number of halogens is 2. The van der Waals surface area contributed by atoms with Gasteiger partial charge in [0.05, 0.1) is 13.1 Å². The summed E-state index contributed by atoms with van der Waals surface area (Å²) in [4.78, 5) is 0. The molecule has 0 unspecified atom stereocenters. The average Bonchev–Trinajstić information content (AvgIpc) is 2.99. The summed E-state index contributed by atoms with van der Waals surface area (Å²) in [6, 6.07) is 1.36. The molecule has 1 nitrogen and oxygen atoms in total. The Morgan fingerprint density at radius 3 is 0.610 bits per heavy atom. The van der Waals surface area contributed by atoms with Gasteiger partial charge in [-0.3, -0.25) is 4.48 Å². The fourth-order valence-electron chi connectivity index (χ4n) is 6.37. The third-order valence-electron chi connectivity index (χ3n) is 9.48. The number of nitrogens with zero attached hydrogens (tertiary/aromatic N) is 1. The van der Waals surface area contributed by atoms with E-state index in [-0.39, 0.29) is 0 Å². The molecular formula is C38H78Cl2N+. The summed E-state index contributed by atoms with van der Waals surface area (Å²) in [5.74, 6) is 0. The van der Waals surface area contributed by atoms with Gasteiger partial charge >= 0.3 is 0 Å². The summed E-state index contributed by atoms with van der Waals surface area (Å²) < 4.78 is 0.917. The number of hydrogen-bond donors (Lipinski definition) is 0. The summed E-state index contributed by atoms with van der Waals surface area (Å²) in [5.41, 5.74) is 0. The SMILES string of the molecule is CCCCCCCCCCCCCCCCCC[N+](CCl)(CCl)CCCCCCCCCCCCCCCCCC. The first-order valence-electron chi connectivity index (χ1n) is 19.2. The third-order valence-corrected chi connectivity index (χ3v) is 10.5. The second-order valence-electron chi connectivity index (χ2n) is 13.6. The van der Waals surface area contributed by atoms with Gasteiger partial charge in [0, 0.05) is 0 Å². The van der Waals surface area contributed by atoms with Crippen LogP contribution in [0.25, 0.3) is 0 Å². The fourth-order valence-corrected chi connectivity index (χ4v) is 7.11. The van der Waals surface area contributed by atoms with Gasteiger partial charge in [-0.1, -0.05) is 217 Å². The molecule has 0 heterocycles. The number of alkyl halides is 2. The molecule has 0 radical (unpaired) electrons. The molecule has 0 aromatic heterocycles. The Morgan fingerprint density at radius 1 is 0.268 bits per heavy atom. The second kappa shape index (κ2) is 35.0. The van der Waals surface area contributed by atoms with Crippen molar-refractivity contribution in [3.8, 4) is 0 Å². The average molecular weight is 620 g/mol. The van der Waals surface area contributed by atoms with Crippen LogP contribution in [0.4, 0.5) is 0 Å². The highest BCUT2D eigenvalue weighted by atomic mass is 35.5. The fraction of sp³-hybridized carbons (Fsp3) is 1.00. The van der Waals surface area contributed by atoms with Crippen molar-refractivity contribution in [1.29, 1.82) is 0 Å². The van der Waals surface area contributed by atoms with Crippen molar-refractivity contribution < 1.29 is 4.48 Å². The largest absolute Gasteiger partial charge is 0.298 e. The summed E-state index contributed by atoms with van der Waals surface area (Å²) in [6.07, 6.45) is 45.6. The van der Waals surface area contributed by atoms with Crippen LogP contribution >= 0.6 is 23.2 Å². The van der Waals surface area contributed by atoms with E-state index < -0.39 is 0 Å². The topological polar surface area (TPSA) is 0 Å². The molecule has 0 fully saturated rings. The van der Waals surface area contributed by atoms with E-state index in [1.54, 1.807) is 0 Å². The predicted octanol–water partition coefficient (Wildman–Crippen LogP) is 14.7. The lowest BCUT2D eigenvalue weighted by Crippen LogP contribution is -2.47. The Bertz CT molecular complexity index is 427. The minimum Gasteiger partial charge on any atom is -0.298 e. The lowest BCUT2D eigenvalue weighted by atomic mass is 10.0. The molecule has 0 N–H and O–H groups in total. The highest BCUT2D eigenvalue weighted by Crippen LogP contribution is 2.19. The molecule has 3 heteroatoms. The number of unbranched alkanes of at least 4 members (excludes halogenated alkanes) is 30. The van der Waals surface area contributed by atoms with Crippen molar-refractivity contribution in [2.24, 2.45) is 0 Å². The van der Waals surface area contributed by atoms with Crippen molar-refractivity contribution >= 4 is 23.2 Å². The van der Waals surface area contributed by atoms with E-state index in [0.717, 1.165) is 4.48 Å². The first-order chi connectivity index (χ1) is 20.2.